The molecule has 1 aliphatic rings. The van der Waals surface area contributed by atoms with E-state index in [1.54, 1.807) is 30.5 Å². The van der Waals surface area contributed by atoms with Gasteiger partial charge < -0.3 is 9.40 Å². The number of thioether (sulfide) groups is 1. The van der Waals surface area contributed by atoms with E-state index in [2.05, 4.69) is 15.2 Å². The normalized spacial score (nSPS) is 14.9. The smallest absolute Gasteiger partial charge is 0.277 e. The first-order valence-corrected chi connectivity index (χ1v) is 12.6. The van der Waals surface area contributed by atoms with Crippen LogP contribution in [0.5, 0.6) is 0 Å². The third-order valence-corrected chi connectivity index (χ3v) is 8.16. The van der Waals surface area contributed by atoms with E-state index in [-0.39, 0.29) is 27.5 Å². The number of H-pyrrole nitrogens is 1. The molecule has 8 nitrogen and oxygen atoms in total. The number of hydrogen-bond donors (Lipinski definition) is 1. The SMILES string of the molecule is O=C(CSc1nnc(-c2ccc(S(=O)(=O)N3CCCC3)cc2)o1)c1c[nH]c2ccccc12. The van der Waals surface area contributed by atoms with Crippen molar-refractivity contribution in [2.45, 2.75) is 23.0 Å². The Balaban J connectivity index is 1.26. The summed E-state index contributed by atoms with van der Waals surface area (Å²) in [6, 6.07) is 14.1. The van der Waals surface area contributed by atoms with Crippen molar-refractivity contribution in [3.63, 3.8) is 0 Å². The quantitative estimate of drug-likeness (QED) is 0.323. The largest absolute Gasteiger partial charge is 0.411 e. The Kier molecular flexibility index (Phi) is 5.58. The molecule has 0 bridgehead atoms. The molecule has 0 aliphatic carbocycles. The van der Waals surface area contributed by atoms with Crippen molar-refractivity contribution in [2.75, 3.05) is 18.8 Å². The maximum atomic E-state index is 12.7. The lowest BCUT2D eigenvalue weighted by Gasteiger charge is -2.15. The fourth-order valence-corrected chi connectivity index (χ4v) is 5.90. The summed E-state index contributed by atoms with van der Waals surface area (Å²) in [5.74, 6) is 0.400. The number of para-hydroxylation sites is 1. The molecular formula is C22H20N4O4S2. The van der Waals surface area contributed by atoms with Gasteiger partial charge in [-0.2, -0.15) is 4.31 Å². The van der Waals surface area contributed by atoms with Crippen molar-refractivity contribution in [3.05, 3.63) is 60.3 Å². The van der Waals surface area contributed by atoms with Crippen molar-refractivity contribution < 1.29 is 17.6 Å². The first kappa shape index (κ1) is 20.9. The molecule has 4 aromatic rings. The van der Waals surface area contributed by atoms with Crippen molar-refractivity contribution in [1.82, 2.24) is 19.5 Å². The number of nitrogens with one attached hydrogen (secondary N) is 1. The van der Waals surface area contributed by atoms with Gasteiger partial charge in [0.2, 0.25) is 15.9 Å². The second-order valence-corrected chi connectivity index (χ2v) is 10.3. The number of rotatable bonds is 7. The van der Waals surface area contributed by atoms with Crippen LogP contribution in [0.2, 0.25) is 0 Å². The van der Waals surface area contributed by atoms with E-state index in [4.69, 9.17) is 4.42 Å². The number of hydrogen-bond acceptors (Lipinski definition) is 7. The van der Waals surface area contributed by atoms with E-state index < -0.39 is 10.0 Å². The number of aromatic nitrogens is 3. The van der Waals surface area contributed by atoms with Gasteiger partial charge in [-0.1, -0.05) is 30.0 Å². The van der Waals surface area contributed by atoms with Gasteiger partial charge in [-0.15, -0.1) is 10.2 Å². The molecule has 1 aliphatic heterocycles. The van der Waals surface area contributed by atoms with Gasteiger partial charge in [-0.3, -0.25) is 4.79 Å². The summed E-state index contributed by atoms with van der Waals surface area (Å²) < 4.78 is 32.5. The molecule has 0 amide bonds. The van der Waals surface area contributed by atoms with Gasteiger partial charge >= 0.3 is 0 Å². The van der Waals surface area contributed by atoms with Gasteiger partial charge in [0.15, 0.2) is 5.78 Å². The monoisotopic (exact) mass is 468 g/mol. The van der Waals surface area contributed by atoms with Gasteiger partial charge in [0.1, 0.15) is 0 Å². The topological polar surface area (TPSA) is 109 Å². The van der Waals surface area contributed by atoms with E-state index in [1.165, 1.54) is 16.1 Å². The van der Waals surface area contributed by atoms with Crippen molar-refractivity contribution in [1.29, 1.82) is 0 Å². The van der Waals surface area contributed by atoms with Crippen LogP contribution < -0.4 is 0 Å². The van der Waals surface area contributed by atoms with Crippen LogP contribution in [0.1, 0.15) is 23.2 Å². The molecule has 32 heavy (non-hydrogen) atoms. The van der Waals surface area contributed by atoms with Crippen LogP contribution in [-0.4, -0.2) is 52.5 Å². The van der Waals surface area contributed by atoms with Gasteiger partial charge in [-0.25, -0.2) is 8.42 Å². The number of nitrogens with zero attached hydrogens (tertiary/aromatic N) is 3. The lowest BCUT2D eigenvalue weighted by Crippen LogP contribution is -2.27. The Morgan fingerprint density at radius 3 is 2.59 bits per heavy atom. The van der Waals surface area contributed by atoms with E-state index in [1.807, 2.05) is 24.3 Å². The van der Waals surface area contributed by atoms with Gasteiger partial charge in [0, 0.05) is 41.3 Å². The fourth-order valence-electron chi connectivity index (χ4n) is 3.74. The van der Waals surface area contributed by atoms with E-state index >= 15 is 0 Å². The predicted octanol–water partition coefficient (Wildman–Crippen LogP) is 3.98. The van der Waals surface area contributed by atoms with E-state index in [9.17, 15) is 13.2 Å². The van der Waals surface area contributed by atoms with Gasteiger partial charge in [0.25, 0.3) is 5.22 Å². The Labute approximate surface area is 189 Å². The molecule has 164 valence electrons. The molecule has 5 rings (SSSR count). The zero-order valence-corrected chi connectivity index (χ0v) is 18.7. The summed E-state index contributed by atoms with van der Waals surface area (Å²) in [6.45, 7) is 1.12. The van der Waals surface area contributed by atoms with Crippen LogP contribution in [0, 0.1) is 0 Å². The lowest BCUT2D eigenvalue weighted by molar-refractivity contribution is 0.102. The number of benzene rings is 2. The van der Waals surface area contributed by atoms with Crippen LogP contribution in [0.25, 0.3) is 22.4 Å². The molecule has 1 fully saturated rings. The van der Waals surface area contributed by atoms with Crippen molar-refractivity contribution >= 4 is 38.5 Å². The molecule has 1 saturated heterocycles. The highest BCUT2D eigenvalue weighted by Crippen LogP contribution is 2.27. The molecule has 0 saturated carbocycles. The summed E-state index contributed by atoms with van der Waals surface area (Å²) in [7, 11) is -3.47. The highest BCUT2D eigenvalue weighted by Gasteiger charge is 2.27. The van der Waals surface area contributed by atoms with Gasteiger partial charge in [-0.05, 0) is 43.2 Å². The fraction of sp³-hybridized carbons (Fsp3) is 0.227. The number of carbonyl (C=O) groups excluding carboxylic acids is 1. The third-order valence-electron chi connectivity index (χ3n) is 5.43. The molecule has 2 aromatic carbocycles. The van der Waals surface area contributed by atoms with Crippen LogP contribution in [-0.2, 0) is 10.0 Å². The Bertz CT molecular complexity index is 1370. The molecule has 0 spiro atoms. The minimum atomic E-state index is -3.47. The van der Waals surface area contributed by atoms with Crippen LogP contribution in [0.15, 0.2) is 69.3 Å². The van der Waals surface area contributed by atoms with Crippen LogP contribution >= 0.6 is 11.8 Å². The van der Waals surface area contributed by atoms with E-state index in [0.717, 1.165) is 23.7 Å². The number of sulfonamides is 1. The Hall–Kier alpha value is -2.95. The second kappa shape index (κ2) is 8.53. The summed E-state index contributed by atoms with van der Waals surface area (Å²) in [5, 5.41) is 9.20. The lowest BCUT2D eigenvalue weighted by atomic mass is 10.1. The van der Waals surface area contributed by atoms with Crippen LogP contribution in [0.4, 0.5) is 0 Å². The number of carbonyl (C=O) groups is 1. The average Bonchev–Trinajstić information content (AvgIpc) is 3.58. The van der Waals surface area contributed by atoms with E-state index in [0.29, 0.717) is 24.2 Å². The minimum Gasteiger partial charge on any atom is -0.411 e. The highest BCUT2D eigenvalue weighted by molar-refractivity contribution is 7.99. The zero-order chi connectivity index (χ0) is 22.1. The predicted molar refractivity (Wildman–Crippen MR) is 121 cm³/mol. The summed E-state index contributed by atoms with van der Waals surface area (Å²) in [4.78, 5) is 16.0. The van der Waals surface area contributed by atoms with Gasteiger partial charge in [0.05, 0.1) is 10.6 Å². The van der Waals surface area contributed by atoms with Crippen molar-refractivity contribution in [2.24, 2.45) is 0 Å². The molecule has 3 heterocycles. The standard InChI is InChI=1S/C22H20N4O4S2/c27-20(18-13-23-19-6-2-1-5-17(18)19)14-31-22-25-24-21(30-22)15-7-9-16(10-8-15)32(28,29)26-11-3-4-12-26/h1-2,5-10,13,23H,3-4,11-12,14H2. The molecule has 0 atom stereocenters. The highest BCUT2D eigenvalue weighted by atomic mass is 32.2. The summed E-state index contributed by atoms with van der Waals surface area (Å²) >= 11 is 1.17. The summed E-state index contributed by atoms with van der Waals surface area (Å²) in [6.07, 6.45) is 3.50. The molecule has 2 aromatic heterocycles. The first-order chi connectivity index (χ1) is 15.5. The number of fused-ring (bicyclic) bond motifs is 1. The average molecular weight is 469 g/mol. The molecule has 0 radical (unpaired) electrons. The first-order valence-electron chi connectivity index (χ1n) is 10.2. The maximum absolute atomic E-state index is 12.7. The zero-order valence-electron chi connectivity index (χ0n) is 17.0. The minimum absolute atomic E-state index is 0.0383. The summed E-state index contributed by atoms with van der Waals surface area (Å²) in [5.41, 5.74) is 2.16. The van der Waals surface area contributed by atoms with Crippen molar-refractivity contribution in [3.8, 4) is 11.5 Å². The number of ketones is 1. The number of Topliss-reactive ketones (excluding diaryl/α,β-unsaturated/α-hetero) is 1. The second-order valence-electron chi connectivity index (χ2n) is 7.47. The maximum Gasteiger partial charge on any atom is 0.277 e. The Morgan fingerprint density at radius 1 is 1.06 bits per heavy atom. The molecule has 1 N–H and O–H groups in total. The molecular weight excluding hydrogens is 448 g/mol. The third kappa shape index (κ3) is 3.96. The Morgan fingerprint density at radius 2 is 1.81 bits per heavy atom. The number of aromatic amines is 1. The van der Waals surface area contributed by atoms with Crippen LogP contribution in [0.3, 0.4) is 0 Å². The molecule has 0 unspecified atom stereocenters. The molecule has 10 heteroatoms.